The van der Waals surface area contributed by atoms with Crippen LogP contribution in [0.4, 0.5) is 0 Å². The van der Waals surface area contributed by atoms with E-state index in [1.807, 2.05) is 6.07 Å². The van der Waals surface area contributed by atoms with Crippen molar-refractivity contribution < 1.29 is 4.42 Å². The first-order valence-corrected chi connectivity index (χ1v) is 4.43. The van der Waals surface area contributed by atoms with Gasteiger partial charge in [-0.15, -0.1) is 0 Å². The molecule has 1 aliphatic heterocycles. The number of fused-ring (bicyclic) bond motifs is 3. The lowest BCUT2D eigenvalue weighted by molar-refractivity contribution is 0.562. The highest BCUT2D eigenvalue weighted by Gasteiger charge is 2.21. The van der Waals surface area contributed by atoms with Gasteiger partial charge >= 0.3 is 0 Å². The van der Waals surface area contributed by atoms with E-state index in [1.54, 1.807) is 6.26 Å². The molecule has 1 heteroatoms. The second-order valence-electron chi connectivity index (χ2n) is 3.40. The minimum Gasteiger partial charge on any atom is -0.464 e. The van der Waals surface area contributed by atoms with Crippen LogP contribution in [0.25, 0.3) is 11.3 Å². The zero-order chi connectivity index (χ0) is 7.97. The summed E-state index contributed by atoms with van der Waals surface area (Å²) in [6.45, 7) is 0. The molecule has 1 heterocycles. The molecule has 60 valence electrons. The summed E-state index contributed by atoms with van der Waals surface area (Å²) in [6.07, 6.45) is 5.50. The quantitative estimate of drug-likeness (QED) is 0.574. The van der Waals surface area contributed by atoms with E-state index in [4.69, 9.17) is 4.42 Å². The molecule has 0 unspecified atom stereocenters. The summed E-state index contributed by atoms with van der Waals surface area (Å²) in [5.74, 6) is 1.12. The molecule has 0 aromatic carbocycles. The summed E-state index contributed by atoms with van der Waals surface area (Å²) in [7, 11) is 0. The molecule has 0 atom stereocenters. The van der Waals surface area contributed by atoms with Crippen LogP contribution in [0.3, 0.4) is 0 Å². The van der Waals surface area contributed by atoms with Crippen molar-refractivity contribution in [3.63, 3.8) is 0 Å². The fraction of sp³-hybridized carbons (Fsp3) is 0.273. The third-order valence-electron chi connectivity index (χ3n) is 2.67. The van der Waals surface area contributed by atoms with Crippen molar-refractivity contribution >= 4 is 0 Å². The molecule has 0 spiro atoms. The molecular formula is C11H10O. The second-order valence-corrected chi connectivity index (χ2v) is 3.40. The molecular weight excluding hydrogens is 148 g/mol. The van der Waals surface area contributed by atoms with Gasteiger partial charge in [0.05, 0.1) is 6.26 Å². The van der Waals surface area contributed by atoms with Gasteiger partial charge in [-0.3, -0.25) is 0 Å². The molecule has 12 heavy (non-hydrogen) atoms. The predicted octanol–water partition coefficient (Wildman–Crippen LogP) is 2.87. The maximum atomic E-state index is 5.49. The minimum absolute atomic E-state index is 1.12. The van der Waals surface area contributed by atoms with Crippen LogP contribution >= 0.6 is 0 Å². The molecule has 0 bridgehead atoms. The van der Waals surface area contributed by atoms with E-state index >= 15 is 0 Å². The van der Waals surface area contributed by atoms with Gasteiger partial charge in [-0.1, -0.05) is 0 Å². The van der Waals surface area contributed by atoms with Gasteiger partial charge in [0.15, 0.2) is 0 Å². The molecule has 2 aliphatic carbocycles. The number of hydrogen-bond donors (Lipinski definition) is 0. The Morgan fingerprint density at radius 1 is 1.25 bits per heavy atom. The Morgan fingerprint density at radius 2 is 2.25 bits per heavy atom. The van der Waals surface area contributed by atoms with Crippen LogP contribution in [-0.4, -0.2) is 0 Å². The highest BCUT2D eigenvalue weighted by molar-refractivity contribution is 5.69. The summed E-state index contributed by atoms with van der Waals surface area (Å²) < 4.78 is 5.49. The maximum absolute atomic E-state index is 5.49. The van der Waals surface area contributed by atoms with E-state index < -0.39 is 0 Å². The van der Waals surface area contributed by atoms with E-state index in [0.29, 0.717) is 0 Å². The lowest BCUT2D eigenvalue weighted by Crippen LogP contribution is -1.78. The largest absolute Gasteiger partial charge is 0.464 e. The van der Waals surface area contributed by atoms with Crippen LogP contribution in [0.2, 0.25) is 0 Å². The molecule has 0 aromatic rings. The van der Waals surface area contributed by atoms with Gasteiger partial charge in [0, 0.05) is 5.56 Å². The summed E-state index contributed by atoms with van der Waals surface area (Å²) >= 11 is 0. The van der Waals surface area contributed by atoms with Crippen molar-refractivity contribution in [1.29, 1.82) is 0 Å². The third-order valence-corrected chi connectivity index (χ3v) is 2.67. The molecule has 3 rings (SSSR count). The lowest BCUT2D eigenvalue weighted by Gasteiger charge is -1.98. The Labute approximate surface area is 71.4 Å². The van der Waals surface area contributed by atoms with E-state index in [9.17, 15) is 0 Å². The molecule has 0 aromatic heterocycles. The van der Waals surface area contributed by atoms with Gasteiger partial charge in [0.25, 0.3) is 0 Å². The highest BCUT2D eigenvalue weighted by atomic mass is 16.3. The Balaban J connectivity index is 2.36. The van der Waals surface area contributed by atoms with Gasteiger partial charge in [-0.2, -0.15) is 0 Å². The fourth-order valence-corrected chi connectivity index (χ4v) is 2.13. The molecule has 3 aliphatic rings. The molecule has 0 radical (unpaired) electrons. The van der Waals surface area contributed by atoms with Crippen molar-refractivity contribution in [2.75, 3.05) is 0 Å². The Kier molecular flexibility index (Phi) is 1.12. The summed E-state index contributed by atoms with van der Waals surface area (Å²) in [4.78, 5) is 0. The van der Waals surface area contributed by atoms with Crippen molar-refractivity contribution in [1.82, 2.24) is 0 Å². The predicted molar refractivity (Wildman–Crippen MR) is 47.4 cm³/mol. The van der Waals surface area contributed by atoms with E-state index in [2.05, 4.69) is 12.1 Å². The van der Waals surface area contributed by atoms with Gasteiger partial charge in [0.1, 0.15) is 5.76 Å². The summed E-state index contributed by atoms with van der Waals surface area (Å²) in [6, 6.07) is 6.34. The second kappa shape index (κ2) is 2.13. The third kappa shape index (κ3) is 0.685. The van der Waals surface area contributed by atoms with Crippen LogP contribution in [0, 0.1) is 0 Å². The average molecular weight is 158 g/mol. The zero-order valence-electron chi connectivity index (χ0n) is 6.84. The summed E-state index contributed by atoms with van der Waals surface area (Å²) in [5.41, 5.74) is 4.22. The fourth-order valence-electron chi connectivity index (χ4n) is 2.13. The van der Waals surface area contributed by atoms with E-state index in [1.165, 1.54) is 36.0 Å². The minimum atomic E-state index is 1.12. The SMILES string of the molecule is c1coc2c3c(cc-2c1)CCC3. The van der Waals surface area contributed by atoms with Crippen molar-refractivity contribution in [2.24, 2.45) is 0 Å². The van der Waals surface area contributed by atoms with E-state index in [-0.39, 0.29) is 0 Å². The molecule has 0 saturated carbocycles. The first-order valence-electron chi connectivity index (χ1n) is 4.43. The topological polar surface area (TPSA) is 13.1 Å². The number of hydrogen-bond acceptors (Lipinski definition) is 1. The molecule has 0 amide bonds. The molecule has 0 saturated heterocycles. The normalized spacial score (nSPS) is 15.3. The van der Waals surface area contributed by atoms with Crippen LogP contribution in [0.15, 0.2) is 28.9 Å². The van der Waals surface area contributed by atoms with Crippen molar-refractivity contribution in [2.45, 2.75) is 19.3 Å². The van der Waals surface area contributed by atoms with Crippen LogP contribution in [-0.2, 0) is 12.8 Å². The summed E-state index contributed by atoms with van der Waals surface area (Å²) in [5, 5.41) is 0. The van der Waals surface area contributed by atoms with Crippen molar-refractivity contribution in [3.8, 4) is 11.3 Å². The van der Waals surface area contributed by atoms with Gasteiger partial charge < -0.3 is 4.42 Å². The van der Waals surface area contributed by atoms with Crippen LogP contribution in [0.1, 0.15) is 17.5 Å². The number of aryl methyl sites for hydroxylation is 1. The van der Waals surface area contributed by atoms with Gasteiger partial charge in [-0.25, -0.2) is 0 Å². The van der Waals surface area contributed by atoms with Crippen molar-refractivity contribution in [3.05, 3.63) is 35.6 Å². The lowest BCUT2D eigenvalue weighted by atomic mass is 10.2. The highest BCUT2D eigenvalue weighted by Crippen LogP contribution is 2.36. The first kappa shape index (κ1) is 6.30. The van der Waals surface area contributed by atoms with Crippen LogP contribution in [0.5, 0.6) is 0 Å². The number of rotatable bonds is 0. The monoisotopic (exact) mass is 158 g/mol. The zero-order valence-corrected chi connectivity index (χ0v) is 6.84. The first-order chi connectivity index (χ1) is 5.95. The Bertz CT molecular complexity index is 386. The molecule has 1 nitrogen and oxygen atoms in total. The van der Waals surface area contributed by atoms with Gasteiger partial charge in [0.2, 0.25) is 0 Å². The van der Waals surface area contributed by atoms with Crippen LogP contribution < -0.4 is 0 Å². The Hall–Kier alpha value is -1.24. The average Bonchev–Trinajstić information content (AvgIpc) is 2.62. The van der Waals surface area contributed by atoms with E-state index in [0.717, 1.165) is 5.76 Å². The standard InChI is InChI=1S/C11H10O/c1-3-8-7-9-4-2-6-12-11(9)10(8)5-1/h2,4,6-7H,1,3,5H2. The molecule has 0 N–H and O–H groups in total. The maximum Gasteiger partial charge on any atom is 0.137 e. The smallest absolute Gasteiger partial charge is 0.137 e. The Morgan fingerprint density at radius 3 is 3.25 bits per heavy atom. The molecule has 0 fully saturated rings. The van der Waals surface area contributed by atoms with Gasteiger partial charge in [-0.05, 0) is 48.6 Å².